The SMILES string of the molecule is CCN[C@@H](CC)C(=O)C(C)C. The van der Waals surface area contributed by atoms with Crippen LogP contribution in [0.2, 0.25) is 0 Å². The Morgan fingerprint density at radius 3 is 2.18 bits per heavy atom. The number of rotatable bonds is 5. The van der Waals surface area contributed by atoms with Crippen molar-refractivity contribution >= 4 is 5.78 Å². The quantitative estimate of drug-likeness (QED) is 0.656. The lowest BCUT2D eigenvalue weighted by atomic mass is 10.00. The smallest absolute Gasteiger partial charge is 0.152 e. The van der Waals surface area contributed by atoms with Gasteiger partial charge in [0.05, 0.1) is 6.04 Å². The van der Waals surface area contributed by atoms with Crippen LogP contribution in [-0.4, -0.2) is 18.4 Å². The molecule has 0 aliphatic rings. The van der Waals surface area contributed by atoms with Crippen molar-refractivity contribution in [3.8, 4) is 0 Å². The van der Waals surface area contributed by atoms with Crippen molar-refractivity contribution in [2.75, 3.05) is 6.54 Å². The molecule has 0 rings (SSSR count). The highest BCUT2D eigenvalue weighted by molar-refractivity contribution is 5.85. The maximum Gasteiger partial charge on any atom is 0.152 e. The van der Waals surface area contributed by atoms with Gasteiger partial charge >= 0.3 is 0 Å². The third-order valence-corrected chi connectivity index (χ3v) is 1.77. The van der Waals surface area contributed by atoms with Gasteiger partial charge in [-0.15, -0.1) is 0 Å². The van der Waals surface area contributed by atoms with E-state index in [9.17, 15) is 4.79 Å². The summed E-state index contributed by atoms with van der Waals surface area (Å²) in [6.07, 6.45) is 0.894. The van der Waals surface area contributed by atoms with Gasteiger partial charge in [-0.1, -0.05) is 27.7 Å². The highest BCUT2D eigenvalue weighted by Crippen LogP contribution is 2.02. The van der Waals surface area contributed by atoms with Crippen LogP contribution in [0.4, 0.5) is 0 Å². The van der Waals surface area contributed by atoms with Crippen molar-refractivity contribution in [3.63, 3.8) is 0 Å². The molecule has 0 saturated heterocycles. The zero-order valence-corrected chi connectivity index (χ0v) is 7.98. The van der Waals surface area contributed by atoms with E-state index in [2.05, 4.69) is 5.32 Å². The molecule has 0 fully saturated rings. The largest absolute Gasteiger partial charge is 0.308 e. The number of likely N-dealkylation sites (N-methyl/N-ethyl adjacent to an activating group) is 1. The maximum absolute atomic E-state index is 11.4. The molecule has 1 N–H and O–H groups in total. The van der Waals surface area contributed by atoms with Gasteiger partial charge in [-0.3, -0.25) is 4.79 Å². The summed E-state index contributed by atoms with van der Waals surface area (Å²) in [6, 6.07) is 0.0694. The van der Waals surface area contributed by atoms with E-state index in [0.29, 0.717) is 5.78 Å². The molecule has 0 aromatic rings. The van der Waals surface area contributed by atoms with E-state index < -0.39 is 0 Å². The standard InChI is InChI=1S/C9H19NO/c1-5-8(10-6-2)9(11)7(3)4/h7-8,10H,5-6H2,1-4H3/t8-/m0/s1. The Kier molecular flexibility index (Phi) is 5.12. The van der Waals surface area contributed by atoms with Crippen LogP contribution in [0.5, 0.6) is 0 Å². The molecule has 0 aromatic heterocycles. The Balaban J connectivity index is 3.92. The first-order chi connectivity index (χ1) is 5.13. The molecule has 1 atom stereocenters. The third kappa shape index (κ3) is 3.51. The second kappa shape index (κ2) is 5.30. The summed E-state index contributed by atoms with van der Waals surface area (Å²) in [7, 11) is 0. The van der Waals surface area contributed by atoms with E-state index in [1.165, 1.54) is 0 Å². The average Bonchev–Trinajstić information content (AvgIpc) is 1.98. The molecule has 0 spiro atoms. The molecular formula is C9H19NO. The number of carbonyl (C=O) groups is 1. The van der Waals surface area contributed by atoms with Crippen molar-refractivity contribution in [3.05, 3.63) is 0 Å². The lowest BCUT2D eigenvalue weighted by molar-refractivity contribution is -0.124. The molecule has 0 aromatic carbocycles. The molecule has 66 valence electrons. The fraction of sp³-hybridized carbons (Fsp3) is 0.889. The summed E-state index contributed by atoms with van der Waals surface area (Å²) in [5.41, 5.74) is 0. The number of nitrogens with one attached hydrogen (secondary N) is 1. The van der Waals surface area contributed by atoms with E-state index >= 15 is 0 Å². The first-order valence-corrected chi connectivity index (χ1v) is 4.40. The molecule has 0 amide bonds. The van der Waals surface area contributed by atoms with Crippen LogP contribution in [0.25, 0.3) is 0 Å². The highest BCUT2D eigenvalue weighted by atomic mass is 16.1. The van der Waals surface area contributed by atoms with Crippen molar-refractivity contribution in [2.45, 2.75) is 40.2 Å². The third-order valence-electron chi connectivity index (χ3n) is 1.77. The molecule has 0 heterocycles. The Morgan fingerprint density at radius 2 is 1.91 bits per heavy atom. The predicted molar refractivity (Wildman–Crippen MR) is 47.6 cm³/mol. The van der Waals surface area contributed by atoms with Crippen LogP contribution in [0.1, 0.15) is 34.1 Å². The first-order valence-electron chi connectivity index (χ1n) is 4.40. The summed E-state index contributed by atoms with van der Waals surface area (Å²) < 4.78 is 0. The van der Waals surface area contributed by atoms with Gasteiger partial charge in [0, 0.05) is 5.92 Å². The van der Waals surface area contributed by atoms with E-state index in [1.807, 2.05) is 27.7 Å². The minimum atomic E-state index is 0.0694. The highest BCUT2D eigenvalue weighted by Gasteiger charge is 2.17. The molecule has 0 aliphatic carbocycles. The van der Waals surface area contributed by atoms with E-state index in [4.69, 9.17) is 0 Å². The molecule has 0 unspecified atom stereocenters. The van der Waals surface area contributed by atoms with Crippen molar-refractivity contribution in [2.24, 2.45) is 5.92 Å². The van der Waals surface area contributed by atoms with Gasteiger partial charge < -0.3 is 5.32 Å². The molecule has 11 heavy (non-hydrogen) atoms. The summed E-state index contributed by atoms with van der Waals surface area (Å²) in [5.74, 6) is 0.480. The summed E-state index contributed by atoms with van der Waals surface area (Å²) in [5, 5.41) is 3.16. The van der Waals surface area contributed by atoms with Crippen LogP contribution in [0.15, 0.2) is 0 Å². The van der Waals surface area contributed by atoms with Crippen molar-refractivity contribution in [1.29, 1.82) is 0 Å². The van der Waals surface area contributed by atoms with Crippen LogP contribution >= 0.6 is 0 Å². The number of hydrogen-bond donors (Lipinski definition) is 1. The fourth-order valence-electron chi connectivity index (χ4n) is 1.09. The summed E-state index contributed by atoms with van der Waals surface area (Å²) >= 11 is 0. The lowest BCUT2D eigenvalue weighted by Crippen LogP contribution is -2.38. The van der Waals surface area contributed by atoms with Crippen molar-refractivity contribution in [1.82, 2.24) is 5.32 Å². The molecule has 0 aliphatic heterocycles. The molecular weight excluding hydrogens is 138 g/mol. The van der Waals surface area contributed by atoms with E-state index in [0.717, 1.165) is 13.0 Å². The fourth-order valence-corrected chi connectivity index (χ4v) is 1.09. The Bertz CT molecular complexity index is 121. The second-order valence-electron chi connectivity index (χ2n) is 3.08. The number of hydrogen-bond acceptors (Lipinski definition) is 2. The minimum Gasteiger partial charge on any atom is -0.308 e. The topological polar surface area (TPSA) is 29.1 Å². The average molecular weight is 157 g/mol. The summed E-state index contributed by atoms with van der Waals surface area (Å²) in [4.78, 5) is 11.4. The summed E-state index contributed by atoms with van der Waals surface area (Å²) in [6.45, 7) is 8.82. The van der Waals surface area contributed by atoms with Gasteiger partial charge in [-0.2, -0.15) is 0 Å². The van der Waals surface area contributed by atoms with Crippen LogP contribution in [0.3, 0.4) is 0 Å². The van der Waals surface area contributed by atoms with Gasteiger partial charge in [0.1, 0.15) is 0 Å². The van der Waals surface area contributed by atoms with Crippen molar-refractivity contribution < 1.29 is 4.79 Å². The molecule has 0 radical (unpaired) electrons. The molecule has 2 nitrogen and oxygen atoms in total. The van der Waals surface area contributed by atoms with Gasteiger partial charge in [-0.25, -0.2) is 0 Å². The lowest BCUT2D eigenvalue weighted by Gasteiger charge is -2.16. The molecule has 0 bridgehead atoms. The molecule has 2 heteroatoms. The normalized spacial score (nSPS) is 13.5. The molecule has 0 saturated carbocycles. The van der Waals surface area contributed by atoms with E-state index in [-0.39, 0.29) is 12.0 Å². The zero-order valence-electron chi connectivity index (χ0n) is 7.98. The zero-order chi connectivity index (χ0) is 8.85. The number of Topliss-reactive ketones (excluding diaryl/α,β-unsaturated/α-hetero) is 1. The minimum absolute atomic E-state index is 0.0694. The van der Waals surface area contributed by atoms with Gasteiger partial charge in [0.15, 0.2) is 5.78 Å². The van der Waals surface area contributed by atoms with Crippen LogP contribution in [-0.2, 0) is 4.79 Å². The number of carbonyl (C=O) groups excluding carboxylic acids is 1. The second-order valence-corrected chi connectivity index (χ2v) is 3.08. The first kappa shape index (κ1) is 10.6. The maximum atomic E-state index is 11.4. The Labute approximate surface area is 69.4 Å². The monoisotopic (exact) mass is 157 g/mol. The predicted octanol–water partition coefficient (Wildman–Crippen LogP) is 1.60. The van der Waals surface area contributed by atoms with Gasteiger partial charge in [-0.05, 0) is 13.0 Å². The van der Waals surface area contributed by atoms with Gasteiger partial charge in [0.2, 0.25) is 0 Å². The van der Waals surface area contributed by atoms with E-state index in [1.54, 1.807) is 0 Å². The Morgan fingerprint density at radius 1 is 1.36 bits per heavy atom. The van der Waals surface area contributed by atoms with Crippen LogP contribution < -0.4 is 5.32 Å². The van der Waals surface area contributed by atoms with Crippen LogP contribution in [0, 0.1) is 5.92 Å². The Hall–Kier alpha value is -0.370. The van der Waals surface area contributed by atoms with Gasteiger partial charge in [0.25, 0.3) is 0 Å². The number of ketones is 1.